The Hall–Kier alpha value is -2.37. The van der Waals surface area contributed by atoms with E-state index in [-0.39, 0.29) is 31.3 Å². The van der Waals surface area contributed by atoms with Crippen molar-refractivity contribution in [1.82, 2.24) is 0 Å². The second kappa shape index (κ2) is 8.83. The zero-order chi connectivity index (χ0) is 19.2. The van der Waals surface area contributed by atoms with Crippen LogP contribution < -0.4 is 0 Å². The zero-order valence-corrected chi connectivity index (χ0v) is 14.6. The summed E-state index contributed by atoms with van der Waals surface area (Å²) < 4.78 is 46.3. The van der Waals surface area contributed by atoms with Crippen molar-refractivity contribution in [3.05, 3.63) is 29.8 Å². The molecule has 2 unspecified atom stereocenters. The molecule has 2 heterocycles. The normalized spacial score (nSPS) is 21.8. The van der Waals surface area contributed by atoms with Gasteiger partial charge < -0.3 is 24.1 Å². The zero-order valence-electron chi connectivity index (χ0n) is 13.8. The number of aryl methyl sites for hydroxylation is 1. The molecular formula is C15H18O10S. The van der Waals surface area contributed by atoms with Crippen molar-refractivity contribution in [2.75, 3.05) is 26.4 Å². The summed E-state index contributed by atoms with van der Waals surface area (Å²) in [5.74, 6) is 0. The van der Waals surface area contributed by atoms with E-state index in [1.54, 1.807) is 12.1 Å². The molecule has 26 heavy (non-hydrogen) atoms. The summed E-state index contributed by atoms with van der Waals surface area (Å²) in [6.45, 7) is 1.62. The van der Waals surface area contributed by atoms with Crippen LogP contribution in [0.5, 0.6) is 0 Å². The molecule has 0 aromatic heterocycles. The number of hydrogen-bond acceptors (Lipinski definition) is 10. The molecule has 0 spiro atoms. The minimum Gasteiger partial charge on any atom is -0.430 e. The van der Waals surface area contributed by atoms with Crippen molar-refractivity contribution in [1.29, 1.82) is 0 Å². The number of aliphatic hydroxyl groups is 1. The fourth-order valence-electron chi connectivity index (χ4n) is 1.84. The van der Waals surface area contributed by atoms with Crippen molar-refractivity contribution in [3.8, 4) is 0 Å². The lowest BCUT2D eigenvalue weighted by molar-refractivity contribution is 0.0919. The monoisotopic (exact) mass is 390 g/mol. The van der Waals surface area contributed by atoms with Gasteiger partial charge in [-0.3, -0.25) is 4.18 Å². The first kappa shape index (κ1) is 19.9. The Balaban J connectivity index is 0.000000254. The van der Waals surface area contributed by atoms with Crippen LogP contribution in [0.2, 0.25) is 0 Å². The van der Waals surface area contributed by atoms with Crippen LogP contribution in [0, 0.1) is 6.92 Å². The summed E-state index contributed by atoms with van der Waals surface area (Å²) in [5.41, 5.74) is 0.951. The van der Waals surface area contributed by atoms with E-state index < -0.39 is 34.6 Å². The van der Waals surface area contributed by atoms with Crippen LogP contribution in [0.4, 0.5) is 9.59 Å². The van der Waals surface area contributed by atoms with Crippen LogP contribution in [0.15, 0.2) is 29.2 Å². The maximum Gasteiger partial charge on any atom is 0.508 e. The maximum absolute atomic E-state index is 11.8. The lowest BCUT2D eigenvalue weighted by atomic mass is 10.2. The van der Waals surface area contributed by atoms with Crippen LogP contribution in [0.1, 0.15) is 5.56 Å². The predicted octanol–water partition coefficient (Wildman–Crippen LogP) is 0.750. The molecule has 2 fully saturated rings. The smallest absolute Gasteiger partial charge is 0.430 e. The van der Waals surface area contributed by atoms with E-state index in [1.165, 1.54) is 12.1 Å². The Bertz CT molecular complexity index is 727. The molecule has 11 heteroatoms. The summed E-state index contributed by atoms with van der Waals surface area (Å²) in [7, 11) is -3.83. The van der Waals surface area contributed by atoms with E-state index in [1.807, 2.05) is 6.92 Å². The third-order valence-corrected chi connectivity index (χ3v) is 4.52. The first-order chi connectivity index (χ1) is 12.3. The van der Waals surface area contributed by atoms with Crippen molar-refractivity contribution in [2.24, 2.45) is 0 Å². The molecule has 10 nitrogen and oxygen atoms in total. The molecule has 144 valence electrons. The highest BCUT2D eigenvalue weighted by atomic mass is 32.2. The molecule has 1 aromatic rings. The van der Waals surface area contributed by atoms with Gasteiger partial charge in [0.25, 0.3) is 10.1 Å². The standard InChI is InChI=1S/C11H12O6S.C4H6O4/c1-8-2-4-10(5-3-8)18(13,14)16-7-9-6-15-11(12)17-9;5-1-3-2-7-4(6)8-3/h2-5,9H,6-7H2,1H3;3,5H,1-2H2. The van der Waals surface area contributed by atoms with Crippen LogP contribution in [0.3, 0.4) is 0 Å². The first-order valence-corrected chi connectivity index (χ1v) is 8.95. The minimum atomic E-state index is -3.83. The van der Waals surface area contributed by atoms with Gasteiger partial charge in [0.2, 0.25) is 0 Å². The van der Waals surface area contributed by atoms with Gasteiger partial charge in [0.05, 0.1) is 11.5 Å². The maximum atomic E-state index is 11.8. The molecule has 2 atom stereocenters. The fraction of sp³-hybridized carbons (Fsp3) is 0.467. The van der Waals surface area contributed by atoms with Crippen LogP contribution in [0.25, 0.3) is 0 Å². The molecule has 2 aliphatic rings. The summed E-state index contributed by atoms with van der Waals surface area (Å²) in [6.07, 6.45) is -2.62. The molecule has 0 aliphatic carbocycles. The third kappa shape index (κ3) is 5.86. The van der Waals surface area contributed by atoms with Gasteiger partial charge in [-0.1, -0.05) is 17.7 Å². The predicted molar refractivity (Wildman–Crippen MR) is 83.8 cm³/mol. The first-order valence-electron chi connectivity index (χ1n) is 7.54. The quantitative estimate of drug-likeness (QED) is 0.567. The van der Waals surface area contributed by atoms with E-state index in [2.05, 4.69) is 18.9 Å². The van der Waals surface area contributed by atoms with Gasteiger partial charge in [0, 0.05) is 0 Å². The molecule has 0 bridgehead atoms. The number of cyclic esters (lactones) is 4. The number of rotatable bonds is 5. The van der Waals surface area contributed by atoms with E-state index in [0.29, 0.717) is 0 Å². The number of benzene rings is 1. The third-order valence-electron chi connectivity index (χ3n) is 3.22. The van der Waals surface area contributed by atoms with Gasteiger partial charge in [-0.05, 0) is 19.1 Å². The molecule has 3 rings (SSSR count). The molecule has 1 N–H and O–H groups in total. The van der Waals surface area contributed by atoms with Crippen molar-refractivity contribution >= 4 is 22.4 Å². The fourth-order valence-corrected chi connectivity index (χ4v) is 2.78. The number of carbonyl (C=O) groups excluding carboxylic acids is 2. The lowest BCUT2D eigenvalue weighted by Crippen LogP contribution is -2.21. The highest BCUT2D eigenvalue weighted by molar-refractivity contribution is 7.86. The van der Waals surface area contributed by atoms with E-state index in [9.17, 15) is 18.0 Å². The van der Waals surface area contributed by atoms with Crippen LogP contribution >= 0.6 is 0 Å². The second-order valence-electron chi connectivity index (χ2n) is 5.34. The van der Waals surface area contributed by atoms with E-state index >= 15 is 0 Å². The average Bonchev–Trinajstić information content (AvgIpc) is 3.22. The van der Waals surface area contributed by atoms with Crippen molar-refractivity contribution in [2.45, 2.75) is 24.0 Å². The van der Waals surface area contributed by atoms with Gasteiger partial charge in [-0.2, -0.15) is 8.42 Å². The van der Waals surface area contributed by atoms with Crippen molar-refractivity contribution < 1.29 is 46.2 Å². The molecule has 0 radical (unpaired) electrons. The van der Waals surface area contributed by atoms with Crippen molar-refractivity contribution in [3.63, 3.8) is 0 Å². The van der Waals surface area contributed by atoms with Gasteiger partial charge in [-0.25, -0.2) is 9.59 Å². The Morgan fingerprint density at radius 3 is 2.00 bits per heavy atom. The van der Waals surface area contributed by atoms with E-state index in [4.69, 9.17) is 9.29 Å². The largest absolute Gasteiger partial charge is 0.508 e. The Morgan fingerprint density at radius 1 is 1.04 bits per heavy atom. The highest BCUT2D eigenvalue weighted by Crippen LogP contribution is 2.15. The second-order valence-corrected chi connectivity index (χ2v) is 6.95. The SMILES string of the molecule is Cc1ccc(S(=O)(=O)OCC2COC(=O)O2)cc1.O=C1OCC(CO)O1. The Kier molecular flexibility index (Phi) is 6.77. The number of ether oxygens (including phenoxy) is 4. The topological polar surface area (TPSA) is 135 Å². The molecule has 0 saturated carbocycles. The Labute approximate surface area is 149 Å². The van der Waals surface area contributed by atoms with Gasteiger partial charge in [0.15, 0.2) is 12.2 Å². The molecular weight excluding hydrogens is 372 g/mol. The van der Waals surface area contributed by atoms with Crippen LogP contribution in [-0.4, -0.2) is 64.5 Å². The number of hydrogen-bond donors (Lipinski definition) is 1. The number of carbonyl (C=O) groups is 2. The molecule has 2 saturated heterocycles. The van der Waals surface area contributed by atoms with E-state index in [0.717, 1.165) is 5.56 Å². The average molecular weight is 390 g/mol. The Morgan fingerprint density at radius 2 is 1.58 bits per heavy atom. The summed E-state index contributed by atoms with van der Waals surface area (Å²) in [6, 6.07) is 6.27. The molecule has 2 aliphatic heterocycles. The van der Waals surface area contributed by atoms with Gasteiger partial charge in [0.1, 0.15) is 19.8 Å². The minimum absolute atomic E-state index is 0.00223. The lowest BCUT2D eigenvalue weighted by Gasteiger charge is -2.08. The summed E-state index contributed by atoms with van der Waals surface area (Å²) in [5, 5.41) is 8.33. The highest BCUT2D eigenvalue weighted by Gasteiger charge is 2.27. The van der Waals surface area contributed by atoms with Gasteiger partial charge in [-0.15, -0.1) is 0 Å². The molecule has 1 aromatic carbocycles. The number of aliphatic hydroxyl groups excluding tert-OH is 1. The summed E-state index contributed by atoms with van der Waals surface area (Å²) in [4.78, 5) is 20.8. The van der Waals surface area contributed by atoms with Gasteiger partial charge >= 0.3 is 12.3 Å². The molecule has 0 amide bonds. The van der Waals surface area contributed by atoms with Crippen LogP contribution in [-0.2, 0) is 33.2 Å². The summed E-state index contributed by atoms with van der Waals surface area (Å²) >= 11 is 0.